The summed E-state index contributed by atoms with van der Waals surface area (Å²) in [4.78, 5) is 4.30. The van der Waals surface area contributed by atoms with Crippen molar-refractivity contribution in [2.45, 2.75) is 27.3 Å². The van der Waals surface area contributed by atoms with E-state index < -0.39 is 11.6 Å². The molecule has 1 aromatic carbocycles. The Labute approximate surface area is 121 Å². The van der Waals surface area contributed by atoms with Gasteiger partial charge in [0.1, 0.15) is 5.82 Å². The minimum Gasteiger partial charge on any atom is -0.322 e. The van der Waals surface area contributed by atoms with E-state index in [0.29, 0.717) is 11.9 Å². The van der Waals surface area contributed by atoms with E-state index in [2.05, 4.69) is 24.1 Å². The topological polar surface area (TPSA) is 29.9 Å². The molecule has 0 atom stereocenters. The number of halogens is 3. The van der Waals surface area contributed by atoms with Gasteiger partial charge in [-0.15, -0.1) is 0 Å². The molecule has 0 aliphatic carbocycles. The Kier molecular flexibility index (Phi) is 4.28. The molecule has 0 aliphatic heterocycles. The summed E-state index contributed by atoms with van der Waals surface area (Å²) in [6, 6.07) is 1.85. The summed E-state index contributed by atoms with van der Waals surface area (Å²) in [6.07, 6.45) is 1.87. The summed E-state index contributed by atoms with van der Waals surface area (Å²) in [6.45, 7) is 6.74. The van der Waals surface area contributed by atoms with Crippen LogP contribution >= 0.6 is 11.6 Å². The lowest BCUT2D eigenvalue weighted by molar-refractivity contribution is 0.527. The zero-order valence-electron chi connectivity index (χ0n) is 11.5. The third-order valence-corrected chi connectivity index (χ3v) is 3.00. The first-order valence-corrected chi connectivity index (χ1v) is 6.70. The van der Waals surface area contributed by atoms with Gasteiger partial charge < -0.3 is 9.88 Å². The van der Waals surface area contributed by atoms with Gasteiger partial charge in [0.15, 0.2) is 5.82 Å². The van der Waals surface area contributed by atoms with Gasteiger partial charge in [0.2, 0.25) is 5.95 Å². The Bertz CT molecular complexity index is 600. The molecule has 0 amide bonds. The van der Waals surface area contributed by atoms with Gasteiger partial charge in [-0.1, -0.05) is 25.4 Å². The van der Waals surface area contributed by atoms with Crippen LogP contribution in [-0.2, 0) is 6.54 Å². The maximum absolute atomic E-state index is 13.8. The monoisotopic (exact) mass is 299 g/mol. The van der Waals surface area contributed by atoms with E-state index >= 15 is 0 Å². The van der Waals surface area contributed by atoms with E-state index in [1.165, 1.54) is 0 Å². The molecule has 0 saturated heterocycles. The lowest BCUT2D eigenvalue weighted by Gasteiger charge is -2.13. The van der Waals surface area contributed by atoms with Gasteiger partial charge in [-0.05, 0) is 18.9 Å². The van der Waals surface area contributed by atoms with Crippen molar-refractivity contribution in [1.82, 2.24) is 9.55 Å². The van der Waals surface area contributed by atoms with Crippen molar-refractivity contribution >= 4 is 23.2 Å². The maximum atomic E-state index is 13.8. The number of aromatic nitrogens is 2. The Hall–Kier alpha value is -1.62. The van der Waals surface area contributed by atoms with Crippen molar-refractivity contribution in [3.8, 4) is 0 Å². The van der Waals surface area contributed by atoms with Gasteiger partial charge in [0.05, 0.1) is 16.4 Å². The quantitative estimate of drug-likeness (QED) is 0.899. The fraction of sp³-hybridized carbons (Fsp3) is 0.357. The molecule has 0 radical (unpaired) electrons. The van der Waals surface area contributed by atoms with Crippen molar-refractivity contribution in [2.75, 3.05) is 5.32 Å². The molecule has 1 aromatic heterocycles. The first kappa shape index (κ1) is 14.8. The van der Waals surface area contributed by atoms with E-state index in [-0.39, 0.29) is 10.7 Å². The molecule has 0 unspecified atom stereocenters. The minimum atomic E-state index is -0.744. The number of aryl methyl sites for hydroxylation is 1. The molecule has 0 saturated carbocycles. The van der Waals surface area contributed by atoms with Gasteiger partial charge in [-0.3, -0.25) is 0 Å². The van der Waals surface area contributed by atoms with E-state index in [1.54, 1.807) is 0 Å². The maximum Gasteiger partial charge on any atom is 0.207 e. The average molecular weight is 300 g/mol. The second kappa shape index (κ2) is 5.79. The molecule has 0 bridgehead atoms. The lowest BCUT2D eigenvalue weighted by Crippen LogP contribution is -2.08. The number of hydrogen-bond donors (Lipinski definition) is 1. The molecule has 0 aliphatic rings. The summed E-state index contributed by atoms with van der Waals surface area (Å²) in [7, 11) is 0. The minimum absolute atomic E-state index is 0.0146. The largest absolute Gasteiger partial charge is 0.322 e. The lowest BCUT2D eigenvalue weighted by atomic mass is 10.2. The first-order chi connectivity index (χ1) is 9.36. The molecule has 3 nitrogen and oxygen atoms in total. The average Bonchev–Trinajstić information content (AvgIpc) is 2.63. The smallest absolute Gasteiger partial charge is 0.207 e. The zero-order valence-corrected chi connectivity index (χ0v) is 12.3. The van der Waals surface area contributed by atoms with Crippen LogP contribution in [0, 0.1) is 24.5 Å². The van der Waals surface area contributed by atoms with E-state index in [4.69, 9.17) is 11.6 Å². The highest BCUT2D eigenvalue weighted by atomic mass is 35.5. The fourth-order valence-electron chi connectivity index (χ4n) is 1.95. The second-order valence-electron chi connectivity index (χ2n) is 5.12. The molecular formula is C14H16ClF2N3. The van der Waals surface area contributed by atoms with Crippen molar-refractivity contribution in [3.05, 3.63) is 40.7 Å². The highest BCUT2D eigenvalue weighted by molar-refractivity contribution is 6.33. The van der Waals surface area contributed by atoms with Gasteiger partial charge in [-0.2, -0.15) is 0 Å². The predicted molar refractivity (Wildman–Crippen MR) is 76.5 cm³/mol. The Morgan fingerprint density at radius 1 is 1.35 bits per heavy atom. The molecule has 2 aromatic rings. The van der Waals surface area contributed by atoms with E-state index in [0.717, 1.165) is 24.4 Å². The van der Waals surface area contributed by atoms with Crippen LogP contribution in [0.5, 0.6) is 0 Å². The molecule has 1 N–H and O–H groups in total. The van der Waals surface area contributed by atoms with Crippen LogP contribution < -0.4 is 5.32 Å². The van der Waals surface area contributed by atoms with Crippen LogP contribution in [0.4, 0.5) is 20.4 Å². The number of nitrogens with one attached hydrogen (secondary N) is 1. The molecule has 108 valence electrons. The van der Waals surface area contributed by atoms with Gasteiger partial charge in [-0.25, -0.2) is 13.8 Å². The fourth-order valence-corrected chi connectivity index (χ4v) is 2.19. The molecule has 1 heterocycles. The summed E-state index contributed by atoms with van der Waals surface area (Å²) >= 11 is 5.87. The van der Waals surface area contributed by atoms with Gasteiger partial charge in [0, 0.05) is 18.8 Å². The summed E-state index contributed by atoms with van der Waals surface area (Å²) < 4.78 is 28.7. The van der Waals surface area contributed by atoms with Crippen LogP contribution in [0.3, 0.4) is 0 Å². The third kappa shape index (κ3) is 3.28. The van der Waals surface area contributed by atoms with Crippen molar-refractivity contribution < 1.29 is 8.78 Å². The molecule has 0 fully saturated rings. The van der Waals surface area contributed by atoms with Crippen molar-refractivity contribution in [2.24, 2.45) is 5.92 Å². The summed E-state index contributed by atoms with van der Waals surface area (Å²) in [5, 5.41) is 2.83. The van der Waals surface area contributed by atoms with Crippen molar-refractivity contribution in [3.63, 3.8) is 0 Å². The standard InChI is InChI=1S/C14H16ClF2N3/c1-8(2)6-20-7-9(3)18-14(20)19-13-11(15)4-10(16)5-12(13)17/h4-5,7-8H,6H2,1-3H3,(H,18,19). The van der Waals surface area contributed by atoms with Crippen LogP contribution in [0.1, 0.15) is 19.5 Å². The second-order valence-corrected chi connectivity index (χ2v) is 5.53. The highest BCUT2D eigenvalue weighted by Crippen LogP contribution is 2.29. The normalized spacial score (nSPS) is 11.2. The molecule has 20 heavy (non-hydrogen) atoms. The van der Waals surface area contributed by atoms with Crippen LogP contribution in [0.25, 0.3) is 0 Å². The SMILES string of the molecule is Cc1cn(CC(C)C)c(Nc2c(F)cc(F)cc2Cl)n1. The van der Waals surface area contributed by atoms with Crippen LogP contribution in [0.2, 0.25) is 5.02 Å². The number of nitrogens with zero attached hydrogens (tertiary/aromatic N) is 2. The van der Waals surface area contributed by atoms with Crippen molar-refractivity contribution in [1.29, 1.82) is 0 Å². The highest BCUT2D eigenvalue weighted by Gasteiger charge is 2.14. The number of imidazole rings is 1. The van der Waals surface area contributed by atoms with E-state index in [1.807, 2.05) is 17.7 Å². The van der Waals surface area contributed by atoms with Gasteiger partial charge in [0.25, 0.3) is 0 Å². The molecular weight excluding hydrogens is 284 g/mol. The van der Waals surface area contributed by atoms with Gasteiger partial charge >= 0.3 is 0 Å². The molecule has 6 heteroatoms. The predicted octanol–water partition coefficient (Wildman–Crippen LogP) is 4.52. The molecule has 2 rings (SSSR count). The van der Waals surface area contributed by atoms with Crippen LogP contribution in [-0.4, -0.2) is 9.55 Å². The van der Waals surface area contributed by atoms with E-state index in [9.17, 15) is 8.78 Å². The summed E-state index contributed by atoms with van der Waals surface area (Å²) in [5.41, 5.74) is 0.843. The summed E-state index contributed by atoms with van der Waals surface area (Å²) in [5.74, 6) is -0.548. The van der Waals surface area contributed by atoms with Crippen LogP contribution in [0.15, 0.2) is 18.3 Å². The number of hydrogen-bond acceptors (Lipinski definition) is 2. The Morgan fingerprint density at radius 2 is 2.05 bits per heavy atom. The number of rotatable bonds is 4. The number of anilines is 2. The zero-order chi connectivity index (χ0) is 14.9. The number of benzene rings is 1. The molecule has 0 spiro atoms. The Balaban J connectivity index is 2.35. The third-order valence-electron chi connectivity index (χ3n) is 2.70. The Morgan fingerprint density at radius 3 is 2.65 bits per heavy atom. The first-order valence-electron chi connectivity index (χ1n) is 6.32.